The van der Waals surface area contributed by atoms with Gasteiger partial charge in [0.1, 0.15) is 17.3 Å². The van der Waals surface area contributed by atoms with Gasteiger partial charge in [0.25, 0.3) is 0 Å². The van der Waals surface area contributed by atoms with E-state index < -0.39 is 23.1 Å². The van der Waals surface area contributed by atoms with Gasteiger partial charge in [-0.15, -0.1) is 0 Å². The molecule has 2 aromatic heterocycles. The van der Waals surface area contributed by atoms with Crippen molar-refractivity contribution in [3.63, 3.8) is 0 Å². The van der Waals surface area contributed by atoms with Gasteiger partial charge in [-0.3, -0.25) is 14.8 Å². The number of para-hydroxylation sites is 1. The molecule has 0 spiro atoms. The third-order valence-electron chi connectivity index (χ3n) is 5.81. The molecular weight excluding hydrogens is 462 g/mol. The topological polar surface area (TPSA) is 66.3 Å². The highest BCUT2D eigenvalue weighted by Gasteiger charge is 2.25. The van der Waals surface area contributed by atoms with Crippen molar-refractivity contribution >= 4 is 34.4 Å². The maximum atomic E-state index is 14.9. The lowest BCUT2D eigenvalue weighted by Gasteiger charge is -2.32. The van der Waals surface area contributed by atoms with Crippen molar-refractivity contribution in [1.29, 1.82) is 0 Å². The van der Waals surface area contributed by atoms with Crippen molar-refractivity contribution in [3.8, 4) is 5.69 Å². The number of carbonyl (C=O) groups excluding carboxylic acids is 1. The lowest BCUT2D eigenvalue weighted by Crippen LogP contribution is -2.47. The van der Waals surface area contributed by atoms with Crippen molar-refractivity contribution in [1.82, 2.24) is 24.4 Å². The van der Waals surface area contributed by atoms with E-state index in [4.69, 9.17) is 11.6 Å². The third kappa shape index (κ3) is 4.13. The molecule has 1 aliphatic heterocycles. The summed E-state index contributed by atoms with van der Waals surface area (Å²) in [6.45, 7) is 3.28. The Morgan fingerprint density at radius 1 is 1.03 bits per heavy atom. The molecule has 0 bridgehead atoms. The average molecular weight is 483 g/mol. The second-order valence-corrected chi connectivity index (χ2v) is 8.53. The van der Waals surface area contributed by atoms with E-state index >= 15 is 0 Å². The van der Waals surface area contributed by atoms with Gasteiger partial charge in [-0.25, -0.2) is 18.8 Å². The number of hydrogen-bond donors (Lipinski definition) is 1. The number of ketones is 1. The van der Waals surface area contributed by atoms with E-state index in [-0.39, 0.29) is 27.9 Å². The lowest BCUT2D eigenvalue weighted by molar-refractivity contribution is 0.103. The summed E-state index contributed by atoms with van der Waals surface area (Å²) in [5.41, 5.74) is 3.21. The summed E-state index contributed by atoms with van der Waals surface area (Å²) in [6, 6.07) is 11.6. The number of anilines is 1. The van der Waals surface area contributed by atoms with Crippen LogP contribution in [0.5, 0.6) is 0 Å². The number of aromatic nitrogens is 3. The number of fused-ring (bicyclic) bond motifs is 1. The van der Waals surface area contributed by atoms with Crippen LogP contribution in [0.4, 0.5) is 14.7 Å². The van der Waals surface area contributed by atoms with Crippen LogP contribution in [0.1, 0.15) is 16.1 Å². The van der Waals surface area contributed by atoms with E-state index in [1.165, 1.54) is 22.9 Å². The van der Waals surface area contributed by atoms with Crippen LogP contribution in [0.3, 0.4) is 0 Å². The molecule has 1 fully saturated rings. The molecule has 5 rings (SSSR count). The van der Waals surface area contributed by atoms with Gasteiger partial charge in [0.2, 0.25) is 11.7 Å². The number of rotatable bonds is 5. The third-order valence-corrected chi connectivity index (χ3v) is 6.14. The maximum Gasteiger partial charge on any atom is 0.239 e. The zero-order chi connectivity index (χ0) is 23.8. The Bertz CT molecular complexity index is 1360. The average Bonchev–Trinajstić information content (AvgIpc) is 3.19. The molecule has 0 amide bonds. The second kappa shape index (κ2) is 9.09. The number of halogens is 3. The molecule has 4 aromatic rings. The minimum atomic E-state index is -0.821. The summed E-state index contributed by atoms with van der Waals surface area (Å²) in [5.74, 6) is -1.86. The quantitative estimate of drug-likeness (QED) is 0.431. The molecule has 0 saturated carbocycles. The fourth-order valence-corrected chi connectivity index (χ4v) is 4.20. The molecule has 2 aromatic carbocycles. The summed E-state index contributed by atoms with van der Waals surface area (Å²) in [4.78, 5) is 24.5. The molecule has 34 heavy (non-hydrogen) atoms. The van der Waals surface area contributed by atoms with Crippen molar-refractivity contribution < 1.29 is 13.6 Å². The lowest BCUT2D eigenvalue weighted by atomic mass is 10.1. The van der Waals surface area contributed by atoms with Crippen molar-refractivity contribution in [3.05, 3.63) is 82.6 Å². The van der Waals surface area contributed by atoms with Crippen molar-refractivity contribution in [2.24, 2.45) is 0 Å². The van der Waals surface area contributed by atoms with Gasteiger partial charge < -0.3 is 4.90 Å². The van der Waals surface area contributed by atoms with Crippen LogP contribution >= 0.6 is 11.6 Å². The summed E-state index contributed by atoms with van der Waals surface area (Å²) in [5, 5.41) is 2.68. The molecule has 0 atom stereocenters. The molecular formula is C24H21ClF2N6O. The summed E-state index contributed by atoms with van der Waals surface area (Å²) >= 11 is 6.25. The van der Waals surface area contributed by atoms with Gasteiger partial charge in [0.05, 0.1) is 10.7 Å². The number of carbonyl (C=O) groups is 1. The smallest absolute Gasteiger partial charge is 0.239 e. The van der Waals surface area contributed by atoms with E-state index in [2.05, 4.69) is 20.3 Å². The fraction of sp³-hybridized carbons (Fsp3) is 0.208. The zero-order valence-electron chi connectivity index (χ0n) is 18.3. The van der Waals surface area contributed by atoms with E-state index in [1.54, 1.807) is 24.3 Å². The molecule has 1 aliphatic rings. The number of likely N-dealkylation sites (N-methyl/N-ethyl adjacent to an activating group) is 1. The number of benzene rings is 2. The minimum absolute atomic E-state index is 0.0261. The number of nitrogens with one attached hydrogen (secondary N) is 1. The van der Waals surface area contributed by atoms with E-state index in [0.29, 0.717) is 5.39 Å². The van der Waals surface area contributed by atoms with Crippen LogP contribution in [0.25, 0.3) is 16.7 Å². The van der Waals surface area contributed by atoms with Crippen molar-refractivity contribution in [2.75, 3.05) is 38.7 Å². The van der Waals surface area contributed by atoms with Gasteiger partial charge in [0, 0.05) is 43.3 Å². The monoisotopic (exact) mass is 482 g/mol. The first kappa shape index (κ1) is 22.4. The van der Waals surface area contributed by atoms with Crippen LogP contribution < -0.4 is 5.43 Å². The predicted octanol–water partition coefficient (Wildman–Crippen LogP) is 4.16. The molecule has 0 radical (unpaired) electrons. The second-order valence-electron chi connectivity index (χ2n) is 8.12. The first-order valence-electron chi connectivity index (χ1n) is 10.7. The molecule has 1 N–H and O–H groups in total. The molecule has 1 saturated heterocycles. The Morgan fingerprint density at radius 2 is 1.74 bits per heavy atom. The van der Waals surface area contributed by atoms with Crippen molar-refractivity contribution in [2.45, 2.75) is 0 Å². The maximum absolute atomic E-state index is 14.9. The highest BCUT2D eigenvalue weighted by atomic mass is 35.5. The Hall–Kier alpha value is -3.40. The largest absolute Gasteiger partial charge is 0.304 e. The Morgan fingerprint density at radius 3 is 2.44 bits per heavy atom. The molecule has 174 valence electrons. The molecule has 0 aliphatic carbocycles. The van der Waals surface area contributed by atoms with Gasteiger partial charge in [-0.05, 0) is 37.4 Å². The first-order chi connectivity index (χ1) is 16.4. The summed E-state index contributed by atoms with van der Waals surface area (Å²) in [6.07, 6.45) is 1.53. The van der Waals surface area contributed by atoms with Gasteiger partial charge in [0.15, 0.2) is 5.65 Å². The summed E-state index contributed by atoms with van der Waals surface area (Å²) < 4.78 is 31.0. The Balaban J connectivity index is 1.66. The summed E-state index contributed by atoms with van der Waals surface area (Å²) in [7, 11) is 2.05. The van der Waals surface area contributed by atoms with Crippen LogP contribution in [0, 0.1) is 11.6 Å². The minimum Gasteiger partial charge on any atom is -0.304 e. The molecule has 10 heteroatoms. The van der Waals surface area contributed by atoms with Crippen LogP contribution in [0.2, 0.25) is 5.02 Å². The number of nitrogens with zero attached hydrogens (tertiary/aromatic N) is 5. The normalized spacial score (nSPS) is 15.1. The predicted molar refractivity (Wildman–Crippen MR) is 126 cm³/mol. The Labute approximate surface area is 199 Å². The Kier molecular flexibility index (Phi) is 5.99. The molecule has 3 heterocycles. The number of hydrazine groups is 1. The van der Waals surface area contributed by atoms with Gasteiger partial charge >= 0.3 is 0 Å². The SMILES string of the molecule is CN1CCN(Nc2ncc3cc(C(=O)c4ccccc4Cl)n(-c4c(F)cccc4F)c3n2)CC1. The number of hydrogen-bond acceptors (Lipinski definition) is 6. The standard InChI is InChI=1S/C24H21ClF2N6O/c1-31-9-11-32(12-10-31)30-24-28-14-15-13-20(22(34)16-5-2-3-6-17(16)25)33(23(15)29-24)21-18(26)7-4-8-19(21)27/h2-8,13-14H,9-12H2,1H3,(H,28,29,30). The van der Waals surface area contributed by atoms with Gasteiger partial charge in [-0.2, -0.15) is 4.98 Å². The molecule has 7 nitrogen and oxygen atoms in total. The molecule has 0 unspecified atom stereocenters. The zero-order valence-corrected chi connectivity index (χ0v) is 19.1. The highest BCUT2D eigenvalue weighted by Crippen LogP contribution is 2.30. The van der Waals surface area contributed by atoms with Crippen LogP contribution in [-0.2, 0) is 0 Å². The fourth-order valence-electron chi connectivity index (χ4n) is 3.98. The van der Waals surface area contributed by atoms with E-state index in [0.717, 1.165) is 38.3 Å². The van der Waals surface area contributed by atoms with E-state index in [1.807, 2.05) is 12.1 Å². The van der Waals surface area contributed by atoms with Crippen LogP contribution in [0.15, 0.2) is 54.7 Å². The van der Waals surface area contributed by atoms with Gasteiger partial charge in [-0.1, -0.05) is 29.8 Å². The first-order valence-corrected chi connectivity index (χ1v) is 11.1. The number of piperazine rings is 1. The highest BCUT2D eigenvalue weighted by molar-refractivity contribution is 6.35. The van der Waals surface area contributed by atoms with E-state index in [9.17, 15) is 13.6 Å². The van der Waals surface area contributed by atoms with Crippen LogP contribution in [-0.4, -0.2) is 63.5 Å².